The van der Waals surface area contributed by atoms with Crippen molar-refractivity contribution in [3.63, 3.8) is 0 Å². The smallest absolute Gasteiger partial charge is 0.309 e. The van der Waals surface area contributed by atoms with Crippen LogP contribution in [-0.4, -0.2) is 68.1 Å². The highest BCUT2D eigenvalue weighted by molar-refractivity contribution is 7.89. The number of esters is 1. The van der Waals surface area contributed by atoms with Crippen LogP contribution in [0.2, 0.25) is 0 Å². The number of likely N-dealkylation sites (tertiary alicyclic amines) is 1. The van der Waals surface area contributed by atoms with E-state index in [1.807, 2.05) is 0 Å². The fraction of sp³-hybridized carbons (Fsp3) is 0.550. The maximum Gasteiger partial charge on any atom is 0.309 e. The molecule has 9 heteroatoms. The molecular weight excluding hydrogens is 396 g/mol. The lowest BCUT2D eigenvalue weighted by atomic mass is 9.98. The standard InChI is InChI=1S/C20H26N2O6S/c1-15(23)17-5-4-6-18(13-17)29(26,27)22-11-7-16(8-12-22)20(25)28-14-19(24)21-9-2-3-10-21/h4-6,13,16H,2-3,7-12,14H2,1H3. The quantitative estimate of drug-likeness (QED) is 0.508. The summed E-state index contributed by atoms with van der Waals surface area (Å²) in [7, 11) is -3.74. The summed E-state index contributed by atoms with van der Waals surface area (Å²) in [5.74, 6) is -1.25. The van der Waals surface area contributed by atoms with Gasteiger partial charge >= 0.3 is 5.97 Å². The molecule has 0 atom stereocenters. The van der Waals surface area contributed by atoms with Gasteiger partial charge in [-0.1, -0.05) is 12.1 Å². The molecule has 2 fully saturated rings. The Hall–Kier alpha value is -2.26. The van der Waals surface area contributed by atoms with Crippen molar-refractivity contribution in [1.82, 2.24) is 9.21 Å². The molecule has 158 valence electrons. The van der Waals surface area contributed by atoms with Gasteiger partial charge in [-0.05, 0) is 44.7 Å². The number of sulfonamides is 1. The fourth-order valence-electron chi connectivity index (χ4n) is 3.67. The van der Waals surface area contributed by atoms with Gasteiger partial charge in [0.15, 0.2) is 12.4 Å². The summed E-state index contributed by atoms with van der Waals surface area (Å²) in [6.45, 7) is 2.92. The molecule has 2 heterocycles. The highest BCUT2D eigenvalue weighted by Gasteiger charge is 2.33. The molecular formula is C20H26N2O6S. The number of amides is 1. The Labute approximate surface area is 170 Å². The van der Waals surface area contributed by atoms with Crippen LogP contribution in [0.4, 0.5) is 0 Å². The Bertz CT molecular complexity index is 884. The number of ketones is 1. The number of carbonyl (C=O) groups is 3. The van der Waals surface area contributed by atoms with Gasteiger partial charge in [0.2, 0.25) is 10.0 Å². The summed E-state index contributed by atoms with van der Waals surface area (Å²) < 4.78 is 32.2. The first-order valence-electron chi connectivity index (χ1n) is 9.84. The van der Waals surface area contributed by atoms with Gasteiger partial charge in [0.05, 0.1) is 10.8 Å². The van der Waals surface area contributed by atoms with Gasteiger partial charge in [-0.3, -0.25) is 14.4 Å². The topological polar surface area (TPSA) is 101 Å². The van der Waals surface area contributed by atoms with Crippen molar-refractivity contribution in [3.8, 4) is 0 Å². The van der Waals surface area contributed by atoms with Crippen molar-refractivity contribution in [1.29, 1.82) is 0 Å². The minimum absolute atomic E-state index is 0.0717. The van der Waals surface area contributed by atoms with Gasteiger partial charge in [-0.15, -0.1) is 0 Å². The lowest BCUT2D eigenvalue weighted by Gasteiger charge is -2.30. The summed E-state index contributed by atoms with van der Waals surface area (Å²) in [6.07, 6.45) is 2.62. The normalized spacial score (nSPS) is 18.6. The second kappa shape index (κ2) is 9.04. The summed E-state index contributed by atoms with van der Waals surface area (Å²) >= 11 is 0. The molecule has 0 radical (unpaired) electrons. The molecule has 1 amide bonds. The number of hydrogen-bond donors (Lipinski definition) is 0. The van der Waals surface area contributed by atoms with Crippen LogP contribution in [-0.2, 0) is 24.3 Å². The number of rotatable bonds is 6. The van der Waals surface area contributed by atoms with E-state index in [2.05, 4.69) is 0 Å². The molecule has 0 saturated carbocycles. The van der Waals surface area contributed by atoms with Crippen molar-refractivity contribution in [2.24, 2.45) is 5.92 Å². The molecule has 0 spiro atoms. The summed E-state index contributed by atoms with van der Waals surface area (Å²) in [6, 6.07) is 5.96. The molecule has 0 aromatic heterocycles. The minimum Gasteiger partial charge on any atom is -0.455 e. The third-order valence-corrected chi connectivity index (χ3v) is 7.36. The van der Waals surface area contributed by atoms with E-state index in [0.717, 1.165) is 12.8 Å². The molecule has 8 nitrogen and oxygen atoms in total. The zero-order valence-electron chi connectivity index (χ0n) is 16.5. The second-order valence-electron chi connectivity index (χ2n) is 7.46. The number of ether oxygens (including phenoxy) is 1. The van der Waals surface area contributed by atoms with Gasteiger partial charge < -0.3 is 9.64 Å². The third-order valence-electron chi connectivity index (χ3n) is 5.46. The number of piperidine rings is 1. The Morgan fingerprint density at radius 2 is 1.72 bits per heavy atom. The van der Waals surface area contributed by atoms with Gasteiger partial charge in [0, 0.05) is 31.7 Å². The van der Waals surface area contributed by atoms with Crippen LogP contribution in [0.5, 0.6) is 0 Å². The highest BCUT2D eigenvalue weighted by Crippen LogP contribution is 2.25. The van der Waals surface area contributed by atoms with E-state index >= 15 is 0 Å². The summed E-state index contributed by atoms with van der Waals surface area (Å²) in [5, 5.41) is 0. The first-order valence-corrected chi connectivity index (χ1v) is 11.3. The first kappa shape index (κ1) is 21.4. The van der Waals surface area contributed by atoms with Crippen LogP contribution < -0.4 is 0 Å². The molecule has 0 unspecified atom stereocenters. The van der Waals surface area contributed by atoms with E-state index in [4.69, 9.17) is 4.74 Å². The maximum absolute atomic E-state index is 12.8. The van der Waals surface area contributed by atoms with Crippen LogP contribution in [0.25, 0.3) is 0 Å². The van der Waals surface area contributed by atoms with Gasteiger partial charge in [0.25, 0.3) is 5.91 Å². The number of benzene rings is 1. The lowest BCUT2D eigenvalue weighted by Crippen LogP contribution is -2.41. The van der Waals surface area contributed by atoms with Crippen LogP contribution in [0, 0.1) is 5.92 Å². The van der Waals surface area contributed by atoms with Crippen LogP contribution in [0.3, 0.4) is 0 Å². The Morgan fingerprint density at radius 1 is 1.07 bits per heavy atom. The second-order valence-corrected chi connectivity index (χ2v) is 9.40. The van der Waals surface area contributed by atoms with Gasteiger partial charge in [-0.2, -0.15) is 4.31 Å². The number of hydrogen-bond acceptors (Lipinski definition) is 6. The Morgan fingerprint density at radius 3 is 2.34 bits per heavy atom. The van der Waals surface area contributed by atoms with Crippen LogP contribution >= 0.6 is 0 Å². The third kappa shape index (κ3) is 5.02. The van der Waals surface area contributed by atoms with E-state index in [9.17, 15) is 22.8 Å². The Kier molecular flexibility index (Phi) is 6.69. The SMILES string of the molecule is CC(=O)c1cccc(S(=O)(=O)N2CCC(C(=O)OCC(=O)N3CCCC3)CC2)c1. The zero-order valence-corrected chi connectivity index (χ0v) is 17.3. The van der Waals surface area contributed by atoms with E-state index < -0.39 is 21.9 Å². The fourth-order valence-corrected chi connectivity index (χ4v) is 5.18. The lowest BCUT2D eigenvalue weighted by molar-refractivity contribution is -0.156. The van der Waals surface area contributed by atoms with Crippen molar-refractivity contribution < 1.29 is 27.5 Å². The van der Waals surface area contributed by atoms with E-state index in [-0.39, 0.29) is 36.3 Å². The zero-order chi connectivity index (χ0) is 21.0. The first-order chi connectivity index (χ1) is 13.8. The molecule has 1 aromatic rings. The van der Waals surface area contributed by atoms with E-state index in [1.54, 1.807) is 17.0 Å². The number of Topliss-reactive ketones (excluding diaryl/α,β-unsaturated/α-hetero) is 1. The summed E-state index contributed by atoms with van der Waals surface area (Å²) in [4.78, 5) is 37.5. The number of nitrogens with zero attached hydrogens (tertiary/aromatic N) is 2. The molecule has 2 aliphatic heterocycles. The molecule has 29 heavy (non-hydrogen) atoms. The average Bonchev–Trinajstić information content (AvgIpc) is 3.27. The minimum atomic E-state index is -3.74. The van der Waals surface area contributed by atoms with Crippen molar-refractivity contribution >= 4 is 27.7 Å². The summed E-state index contributed by atoms with van der Waals surface area (Å²) in [5.41, 5.74) is 0.340. The largest absolute Gasteiger partial charge is 0.455 e. The molecule has 2 saturated heterocycles. The average molecular weight is 423 g/mol. The van der Waals surface area contributed by atoms with Gasteiger partial charge in [-0.25, -0.2) is 8.42 Å². The molecule has 1 aromatic carbocycles. The number of carbonyl (C=O) groups excluding carboxylic acids is 3. The Balaban J connectivity index is 1.54. The van der Waals surface area contributed by atoms with Gasteiger partial charge in [0.1, 0.15) is 0 Å². The predicted molar refractivity (Wildman–Crippen MR) is 105 cm³/mol. The molecule has 2 aliphatic rings. The van der Waals surface area contributed by atoms with Crippen molar-refractivity contribution in [2.45, 2.75) is 37.5 Å². The van der Waals surface area contributed by atoms with E-state index in [0.29, 0.717) is 31.5 Å². The van der Waals surface area contributed by atoms with Crippen molar-refractivity contribution in [3.05, 3.63) is 29.8 Å². The highest BCUT2D eigenvalue weighted by atomic mass is 32.2. The molecule has 0 bridgehead atoms. The van der Waals surface area contributed by atoms with Crippen LogP contribution in [0.1, 0.15) is 43.0 Å². The maximum atomic E-state index is 12.8. The van der Waals surface area contributed by atoms with Crippen molar-refractivity contribution in [2.75, 3.05) is 32.8 Å². The molecule has 0 aliphatic carbocycles. The van der Waals surface area contributed by atoms with Crippen LogP contribution in [0.15, 0.2) is 29.2 Å². The predicted octanol–water partition coefficient (Wildman–Crippen LogP) is 1.46. The molecule has 3 rings (SSSR count). The van der Waals surface area contributed by atoms with E-state index in [1.165, 1.54) is 23.4 Å². The monoisotopic (exact) mass is 422 g/mol. The molecule has 0 N–H and O–H groups in total.